The van der Waals surface area contributed by atoms with E-state index in [1.165, 1.54) is 6.92 Å². The van der Waals surface area contributed by atoms with Crippen molar-refractivity contribution in [1.29, 1.82) is 0 Å². The van der Waals surface area contributed by atoms with Gasteiger partial charge in [-0.1, -0.05) is 47.5 Å². The molecule has 3 atom stereocenters. The van der Waals surface area contributed by atoms with Gasteiger partial charge in [0.25, 0.3) is 0 Å². The number of hydrogen-bond acceptors (Lipinski definition) is 4. The molecule has 7 heteroatoms. The SMILES string of the molecule is CCCC[C@@H](C=O)NC(=O)[C@@H](CC(C)C)NC(=O)[C@H](CC(C)C)NC(C)=O. The molecule has 0 aromatic rings. The van der Waals surface area contributed by atoms with Crippen LogP contribution in [-0.4, -0.2) is 42.1 Å². The van der Waals surface area contributed by atoms with Gasteiger partial charge in [-0.3, -0.25) is 14.4 Å². The van der Waals surface area contributed by atoms with E-state index >= 15 is 0 Å². The molecule has 0 spiro atoms. The van der Waals surface area contributed by atoms with Crippen LogP contribution in [0.5, 0.6) is 0 Å². The van der Waals surface area contributed by atoms with Crippen molar-refractivity contribution in [3.05, 3.63) is 0 Å². The van der Waals surface area contributed by atoms with Crippen molar-refractivity contribution in [2.75, 3.05) is 0 Å². The van der Waals surface area contributed by atoms with Crippen molar-refractivity contribution in [1.82, 2.24) is 16.0 Å². The van der Waals surface area contributed by atoms with Gasteiger partial charge in [0.05, 0.1) is 6.04 Å². The van der Waals surface area contributed by atoms with E-state index in [-0.39, 0.29) is 29.6 Å². The molecular formula is C20H37N3O4. The van der Waals surface area contributed by atoms with Crippen LogP contribution < -0.4 is 16.0 Å². The quantitative estimate of drug-likeness (QED) is 0.423. The van der Waals surface area contributed by atoms with Crippen LogP contribution in [0.3, 0.4) is 0 Å². The summed E-state index contributed by atoms with van der Waals surface area (Å²) in [5, 5.41) is 8.14. The Balaban J connectivity index is 5.14. The Morgan fingerprint density at radius 3 is 1.74 bits per heavy atom. The summed E-state index contributed by atoms with van der Waals surface area (Å²) in [6.45, 7) is 11.2. The highest BCUT2D eigenvalue weighted by molar-refractivity contribution is 5.92. The molecule has 7 nitrogen and oxygen atoms in total. The molecule has 0 aromatic heterocycles. The largest absolute Gasteiger partial charge is 0.345 e. The molecule has 27 heavy (non-hydrogen) atoms. The zero-order chi connectivity index (χ0) is 21.0. The molecule has 0 aliphatic heterocycles. The Hall–Kier alpha value is -1.92. The molecule has 156 valence electrons. The molecule has 3 N–H and O–H groups in total. The normalized spacial score (nSPS) is 14.4. The Labute approximate surface area is 163 Å². The van der Waals surface area contributed by atoms with Crippen LogP contribution in [0.1, 0.15) is 73.6 Å². The van der Waals surface area contributed by atoms with Crippen LogP contribution in [0.25, 0.3) is 0 Å². The topological polar surface area (TPSA) is 104 Å². The molecule has 0 heterocycles. The van der Waals surface area contributed by atoms with E-state index in [9.17, 15) is 19.2 Å². The first-order valence-corrected chi connectivity index (χ1v) is 9.93. The maximum atomic E-state index is 12.7. The van der Waals surface area contributed by atoms with E-state index in [0.717, 1.165) is 19.1 Å². The van der Waals surface area contributed by atoms with Gasteiger partial charge in [0.15, 0.2) is 0 Å². The maximum absolute atomic E-state index is 12.7. The number of nitrogens with one attached hydrogen (secondary N) is 3. The summed E-state index contributed by atoms with van der Waals surface area (Å²) in [6.07, 6.45) is 4.01. The van der Waals surface area contributed by atoms with Gasteiger partial charge in [-0.25, -0.2) is 0 Å². The Kier molecular flexibility index (Phi) is 12.3. The summed E-state index contributed by atoms with van der Waals surface area (Å²) in [6, 6.07) is -1.98. The predicted molar refractivity (Wildman–Crippen MR) is 106 cm³/mol. The molecule has 0 rings (SSSR count). The van der Waals surface area contributed by atoms with E-state index in [4.69, 9.17) is 0 Å². The lowest BCUT2D eigenvalue weighted by Gasteiger charge is -2.25. The molecule has 0 aromatic carbocycles. The Morgan fingerprint density at radius 1 is 0.852 bits per heavy atom. The van der Waals surface area contributed by atoms with Gasteiger partial charge >= 0.3 is 0 Å². The lowest BCUT2D eigenvalue weighted by atomic mass is 9.99. The second kappa shape index (κ2) is 13.3. The van der Waals surface area contributed by atoms with Crippen LogP contribution in [0.2, 0.25) is 0 Å². The second-order valence-electron chi connectivity index (χ2n) is 7.97. The molecule has 0 aliphatic carbocycles. The van der Waals surface area contributed by atoms with Crippen molar-refractivity contribution in [2.24, 2.45) is 11.8 Å². The first kappa shape index (κ1) is 25.1. The zero-order valence-corrected chi connectivity index (χ0v) is 17.6. The van der Waals surface area contributed by atoms with E-state index in [1.807, 2.05) is 34.6 Å². The van der Waals surface area contributed by atoms with E-state index in [2.05, 4.69) is 16.0 Å². The number of rotatable bonds is 13. The van der Waals surface area contributed by atoms with Gasteiger partial charge in [0.1, 0.15) is 18.4 Å². The zero-order valence-electron chi connectivity index (χ0n) is 17.6. The third-order valence-corrected chi connectivity index (χ3v) is 4.10. The molecular weight excluding hydrogens is 346 g/mol. The van der Waals surface area contributed by atoms with Crippen molar-refractivity contribution in [3.8, 4) is 0 Å². The van der Waals surface area contributed by atoms with Crippen molar-refractivity contribution >= 4 is 24.0 Å². The predicted octanol–water partition coefficient (Wildman–Crippen LogP) is 1.94. The standard InChI is InChI=1S/C20H37N3O4/c1-7-8-9-16(12-24)22-19(26)18(11-14(4)5)23-20(27)17(10-13(2)3)21-15(6)25/h12-14,16-18H,7-11H2,1-6H3,(H,21,25)(H,22,26)(H,23,27)/t16-,17-,18+/m0/s1. The van der Waals surface area contributed by atoms with Crippen LogP contribution in [-0.2, 0) is 19.2 Å². The van der Waals surface area contributed by atoms with Crippen LogP contribution in [0, 0.1) is 11.8 Å². The Bertz CT molecular complexity index is 492. The van der Waals surface area contributed by atoms with Gasteiger partial charge < -0.3 is 20.7 Å². The summed E-state index contributed by atoms with van der Waals surface area (Å²) in [4.78, 5) is 47.9. The van der Waals surface area contributed by atoms with Crippen molar-refractivity contribution in [2.45, 2.75) is 91.8 Å². The first-order chi connectivity index (χ1) is 12.6. The average Bonchev–Trinajstić information content (AvgIpc) is 2.55. The van der Waals surface area contributed by atoms with E-state index in [1.54, 1.807) is 0 Å². The second-order valence-corrected chi connectivity index (χ2v) is 7.97. The van der Waals surface area contributed by atoms with Gasteiger partial charge in [0, 0.05) is 6.92 Å². The smallest absolute Gasteiger partial charge is 0.243 e. The fourth-order valence-electron chi connectivity index (χ4n) is 2.81. The molecule has 0 aliphatic rings. The van der Waals surface area contributed by atoms with Crippen LogP contribution >= 0.6 is 0 Å². The lowest BCUT2D eigenvalue weighted by molar-refractivity contribution is -0.133. The molecule has 0 saturated heterocycles. The van der Waals surface area contributed by atoms with Gasteiger partial charge in [0.2, 0.25) is 17.7 Å². The van der Waals surface area contributed by atoms with Crippen molar-refractivity contribution < 1.29 is 19.2 Å². The van der Waals surface area contributed by atoms with Gasteiger partial charge in [-0.2, -0.15) is 0 Å². The van der Waals surface area contributed by atoms with E-state index < -0.39 is 18.1 Å². The number of unbranched alkanes of at least 4 members (excludes halogenated alkanes) is 1. The fourth-order valence-corrected chi connectivity index (χ4v) is 2.81. The summed E-state index contributed by atoms with van der Waals surface area (Å²) in [5.74, 6) is -0.650. The molecule has 0 saturated carbocycles. The highest BCUT2D eigenvalue weighted by Gasteiger charge is 2.28. The minimum absolute atomic E-state index is 0.177. The monoisotopic (exact) mass is 383 g/mol. The third-order valence-electron chi connectivity index (χ3n) is 4.10. The number of amides is 3. The lowest BCUT2D eigenvalue weighted by Crippen LogP contribution is -2.55. The molecule has 3 amide bonds. The summed E-state index contributed by atoms with van der Waals surface area (Å²) in [7, 11) is 0. The van der Waals surface area contributed by atoms with Crippen LogP contribution in [0.15, 0.2) is 0 Å². The minimum atomic E-state index is -0.745. The minimum Gasteiger partial charge on any atom is -0.345 e. The first-order valence-electron chi connectivity index (χ1n) is 9.93. The third kappa shape index (κ3) is 11.4. The number of carbonyl (C=O) groups excluding carboxylic acids is 4. The molecule has 0 fully saturated rings. The van der Waals surface area contributed by atoms with Crippen LogP contribution in [0.4, 0.5) is 0 Å². The number of carbonyl (C=O) groups is 4. The fraction of sp³-hybridized carbons (Fsp3) is 0.800. The maximum Gasteiger partial charge on any atom is 0.243 e. The highest BCUT2D eigenvalue weighted by Crippen LogP contribution is 2.09. The van der Waals surface area contributed by atoms with Gasteiger partial charge in [-0.05, 0) is 31.1 Å². The van der Waals surface area contributed by atoms with E-state index in [0.29, 0.717) is 19.3 Å². The molecule has 0 bridgehead atoms. The average molecular weight is 384 g/mol. The highest BCUT2D eigenvalue weighted by atomic mass is 16.2. The van der Waals surface area contributed by atoms with Crippen molar-refractivity contribution in [3.63, 3.8) is 0 Å². The summed E-state index contributed by atoms with van der Waals surface area (Å²) in [5.41, 5.74) is 0. The molecule has 0 radical (unpaired) electrons. The molecule has 0 unspecified atom stereocenters. The number of aldehydes is 1. The summed E-state index contributed by atoms with van der Waals surface area (Å²) >= 11 is 0. The summed E-state index contributed by atoms with van der Waals surface area (Å²) < 4.78 is 0. The Morgan fingerprint density at radius 2 is 1.33 bits per heavy atom. The number of hydrogen-bond donors (Lipinski definition) is 3. The van der Waals surface area contributed by atoms with Gasteiger partial charge in [-0.15, -0.1) is 0 Å².